The highest BCUT2D eigenvalue weighted by atomic mass is 35.5. The smallest absolute Gasteiger partial charge is 0.0406 e. The van der Waals surface area contributed by atoms with Gasteiger partial charge in [-0.25, -0.2) is 0 Å². The zero-order valence-electron chi connectivity index (χ0n) is 7.96. The molecule has 1 heteroatoms. The molecule has 0 amide bonds. The summed E-state index contributed by atoms with van der Waals surface area (Å²) in [5.74, 6) is 0.593. The first-order valence-electron chi connectivity index (χ1n) is 4.59. The van der Waals surface area contributed by atoms with Crippen LogP contribution in [-0.2, 0) is 6.42 Å². The fourth-order valence-electron chi connectivity index (χ4n) is 1.16. The van der Waals surface area contributed by atoms with Crippen molar-refractivity contribution in [2.24, 2.45) is 5.92 Å². The Morgan fingerprint density at radius 2 is 2.00 bits per heavy atom. The molecule has 1 rings (SSSR count). The van der Waals surface area contributed by atoms with E-state index in [9.17, 15) is 0 Å². The summed E-state index contributed by atoms with van der Waals surface area (Å²) in [5.41, 5.74) is 1.35. The minimum Gasteiger partial charge on any atom is -0.103 e. The third-order valence-corrected chi connectivity index (χ3v) is 2.46. The summed E-state index contributed by atoms with van der Waals surface area (Å²) in [7, 11) is 0. The van der Waals surface area contributed by atoms with Crippen molar-refractivity contribution in [1.82, 2.24) is 0 Å². The summed E-state index contributed by atoms with van der Waals surface area (Å²) in [4.78, 5) is 0. The van der Waals surface area contributed by atoms with E-state index in [4.69, 9.17) is 11.6 Å². The number of rotatable bonds is 4. The molecule has 0 saturated heterocycles. The minimum absolute atomic E-state index is 0.593. The molecule has 13 heavy (non-hydrogen) atoms. The zero-order chi connectivity index (χ0) is 9.68. The highest BCUT2D eigenvalue weighted by molar-refractivity contribution is 6.30. The largest absolute Gasteiger partial charge is 0.103 e. The maximum atomic E-state index is 5.79. The average molecular weight is 195 g/mol. The van der Waals surface area contributed by atoms with E-state index in [-0.39, 0.29) is 0 Å². The van der Waals surface area contributed by atoms with Crippen molar-refractivity contribution >= 4 is 11.6 Å². The van der Waals surface area contributed by atoms with Crippen LogP contribution in [0.4, 0.5) is 0 Å². The van der Waals surface area contributed by atoms with Crippen LogP contribution in [0.2, 0.25) is 5.02 Å². The topological polar surface area (TPSA) is 0 Å². The number of benzene rings is 1. The Hall–Kier alpha value is -0.750. The average Bonchev–Trinajstić information content (AvgIpc) is 2.16. The van der Waals surface area contributed by atoms with Crippen molar-refractivity contribution in [2.45, 2.75) is 19.8 Å². The molecule has 0 bridgehead atoms. The van der Waals surface area contributed by atoms with Gasteiger partial charge in [-0.15, -0.1) is 6.58 Å². The van der Waals surface area contributed by atoms with E-state index in [1.54, 1.807) is 0 Å². The number of hydrogen-bond donors (Lipinski definition) is 0. The Labute approximate surface area is 85.2 Å². The lowest BCUT2D eigenvalue weighted by molar-refractivity contribution is 0.649. The standard InChI is InChI=1S/C12H15Cl/c1-3-10(2)4-5-11-6-8-12(13)9-7-11/h3,6-10H,1,4-5H2,2H3. The lowest BCUT2D eigenvalue weighted by Crippen LogP contribution is -1.92. The second-order valence-electron chi connectivity index (χ2n) is 3.38. The summed E-state index contributed by atoms with van der Waals surface area (Å²) >= 11 is 5.79. The molecule has 1 atom stereocenters. The SMILES string of the molecule is C=CC(C)CCc1ccc(Cl)cc1. The zero-order valence-corrected chi connectivity index (χ0v) is 8.72. The lowest BCUT2D eigenvalue weighted by atomic mass is 10.0. The maximum absolute atomic E-state index is 5.79. The lowest BCUT2D eigenvalue weighted by Gasteiger charge is -2.05. The molecule has 0 saturated carbocycles. The van der Waals surface area contributed by atoms with Gasteiger partial charge >= 0.3 is 0 Å². The van der Waals surface area contributed by atoms with Crippen LogP contribution in [0.1, 0.15) is 18.9 Å². The first kappa shape index (κ1) is 10.3. The van der Waals surface area contributed by atoms with Gasteiger partial charge in [0.15, 0.2) is 0 Å². The van der Waals surface area contributed by atoms with Crippen molar-refractivity contribution < 1.29 is 0 Å². The summed E-state index contributed by atoms with van der Waals surface area (Å²) in [6.07, 6.45) is 4.26. The molecule has 0 aromatic heterocycles. The third kappa shape index (κ3) is 3.65. The Morgan fingerprint density at radius 1 is 1.38 bits per heavy atom. The first-order chi connectivity index (χ1) is 6.22. The molecular formula is C12H15Cl. The van der Waals surface area contributed by atoms with Crippen molar-refractivity contribution in [1.29, 1.82) is 0 Å². The quantitative estimate of drug-likeness (QED) is 0.634. The van der Waals surface area contributed by atoms with Gasteiger partial charge in [-0.1, -0.05) is 36.7 Å². The van der Waals surface area contributed by atoms with Crippen molar-refractivity contribution in [2.75, 3.05) is 0 Å². The molecule has 0 fully saturated rings. The molecule has 0 radical (unpaired) electrons. The monoisotopic (exact) mass is 194 g/mol. The fourth-order valence-corrected chi connectivity index (χ4v) is 1.29. The third-order valence-electron chi connectivity index (χ3n) is 2.20. The van der Waals surface area contributed by atoms with Gasteiger partial charge in [0, 0.05) is 5.02 Å². The Balaban J connectivity index is 2.45. The summed E-state index contributed by atoms with van der Waals surface area (Å²) in [5, 5.41) is 0.806. The van der Waals surface area contributed by atoms with Crippen LogP contribution in [0.5, 0.6) is 0 Å². The number of allylic oxidation sites excluding steroid dienone is 1. The van der Waals surface area contributed by atoms with E-state index in [0.29, 0.717) is 5.92 Å². The van der Waals surface area contributed by atoms with Gasteiger partial charge in [0.05, 0.1) is 0 Å². The predicted molar refractivity (Wildman–Crippen MR) is 59.1 cm³/mol. The molecule has 1 aromatic rings. The van der Waals surface area contributed by atoms with E-state index in [1.807, 2.05) is 18.2 Å². The molecule has 0 aliphatic rings. The molecule has 0 N–H and O–H groups in total. The van der Waals surface area contributed by atoms with Crippen LogP contribution in [0, 0.1) is 5.92 Å². The van der Waals surface area contributed by atoms with E-state index in [0.717, 1.165) is 17.9 Å². The van der Waals surface area contributed by atoms with Crippen LogP contribution in [-0.4, -0.2) is 0 Å². The van der Waals surface area contributed by atoms with Crippen molar-refractivity contribution in [3.05, 3.63) is 47.5 Å². The van der Waals surface area contributed by atoms with Crippen molar-refractivity contribution in [3.8, 4) is 0 Å². The summed E-state index contributed by atoms with van der Waals surface area (Å²) in [6.45, 7) is 5.95. The van der Waals surface area contributed by atoms with Crippen LogP contribution < -0.4 is 0 Å². The van der Waals surface area contributed by atoms with E-state index >= 15 is 0 Å². The van der Waals surface area contributed by atoms with E-state index in [1.165, 1.54) is 5.56 Å². The van der Waals surface area contributed by atoms with E-state index in [2.05, 4.69) is 25.6 Å². The van der Waals surface area contributed by atoms with Crippen LogP contribution >= 0.6 is 11.6 Å². The molecule has 1 unspecified atom stereocenters. The van der Waals surface area contributed by atoms with Gasteiger partial charge in [0.2, 0.25) is 0 Å². The number of aryl methyl sites for hydroxylation is 1. The maximum Gasteiger partial charge on any atom is 0.0406 e. The number of halogens is 1. The first-order valence-corrected chi connectivity index (χ1v) is 4.97. The fraction of sp³-hybridized carbons (Fsp3) is 0.333. The Kier molecular flexibility index (Phi) is 4.04. The van der Waals surface area contributed by atoms with Crippen LogP contribution in [0.3, 0.4) is 0 Å². The molecule has 70 valence electrons. The van der Waals surface area contributed by atoms with Gasteiger partial charge in [-0.3, -0.25) is 0 Å². The second-order valence-corrected chi connectivity index (χ2v) is 3.81. The normalized spacial score (nSPS) is 12.5. The van der Waals surface area contributed by atoms with Crippen molar-refractivity contribution in [3.63, 3.8) is 0 Å². The Morgan fingerprint density at radius 3 is 2.54 bits per heavy atom. The minimum atomic E-state index is 0.593. The molecule has 0 spiro atoms. The second kappa shape index (κ2) is 5.08. The molecule has 0 aliphatic carbocycles. The van der Waals surface area contributed by atoms with E-state index < -0.39 is 0 Å². The van der Waals surface area contributed by atoms with Crippen LogP contribution in [0.15, 0.2) is 36.9 Å². The number of hydrogen-bond acceptors (Lipinski definition) is 0. The van der Waals surface area contributed by atoms with Crippen LogP contribution in [0.25, 0.3) is 0 Å². The summed E-state index contributed by atoms with van der Waals surface area (Å²) in [6, 6.07) is 8.04. The predicted octanol–water partition coefficient (Wildman–Crippen LogP) is 4.09. The Bertz CT molecular complexity index is 261. The van der Waals surface area contributed by atoms with Gasteiger partial charge in [-0.05, 0) is 36.5 Å². The van der Waals surface area contributed by atoms with Gasteiger partial charge in [0.25, 0.3) is 0 Å². The highest BCUT2D eigenvalue weighted by Gasteiger charge is 1.97. The van der Waals surface area contributed by atoms with Gasteiger partial charge in [0.1, 0.15) is 0 Å². The highest BCUT2D eigenvalue weighted by Crippen LogP contribution is 2.13. The van der Waals surface area contributed by atoms with Gasteiger partial charge < -0.3 is 0 Å². The summed E-state index contributed by atoms with van der Waals surface area (Å²) < 4.78 is 0. The molecule has 0 heterocycles. The molecular weight excluding hydrogens is 180 g/mol. The molecule has 0 aliphatic heterocycles. The van der Waals surface area contributed by atoms with Gasteiger partial charge in [-0.2, -0.15) is 0 Å². The molecule has 0 nitrogen and oxygen atoms in total. The molecule has 1 aromatic carbocycles.